The summed E-state index contributed by atoms with van der Waals surface area (Å²) >= 11 is 0. The van der Waals surface area contributed by atoms with Crippen LogP contribution in [0.2, 0.25) is 0 Å². The topological polar surface area (TPSA) is 84.9 Å². The minimum atomic E-state index is -0.614. The zero-order valence-electron chi connectivity index (χ0n) is 13.9. The van der Waals surface area contributed by atoms with Crippen molar-refractivity contribution in [3.05, 3.63) is 29.8 Å². The van der Waals surface area contributed by atoms with Gasteiger partial charge >= 0.3 is 5.97 Å². The maximum Gasteiger partial charge on any atom is 0.311 e. The Morgan fingerprint density at radius 1 is 1.29 bits per heavy atom. The van der Waals surface area contributed by atoms with Crippen LogP contribution >= 0.6 is 0 Å². The minimum absolute atomic E-state index is 0.0347. The zero-order chi connectivity index (χ0) is 17.5. The van der Waals surface area contributed by atoms with Crippen molar-refractivity contribution in [2.24, 2.45) is 5.92 Å². The Balaban J connectivity index is 1.76. The van der Waals surface area contributed by atoms with Crippen molar-refractivity contribution >= 4 is 17.8 Å². The van der Waals surface area contributed by atoms with Crippen LogP contribution in [0.25, 0.3) is 0 Å². The number of esters is 1. The number of nitrogens with one attached hydrogen (secondary N) is 1. The molecule has 1 aliphatic rings. The van der Waals surface area contributed by atoms with E-state index in [2.05, 4.69) is 10.2 Å². The maximum atomic E-state index is 12.2. The molecule has 1 saturated heterocycles. The molecule has 2 amide bonds. The molecular formula is C17H22N2O5. The lowest BCUT2D eigenvalue weighted by molar-refractivity contribution is -0.156. The number of hydrazine groups is 1. The number of nitrogens with zero attached hydrogens (tertiary/aromatic N) is 1. The number of hydrogen-bond donors (Lipinski definition) is 1. The van der Waals surface area contributed by atoms with Crippen LogP contribution in [0.3, 0.4) is 0 Å². The molecule has 0 saturated carbocycles. The van der Waals surface area contributed by atoms with Crippen LogP contribution in [0, 0.1) is 12.8 Å². The van der Waals surface area contributed by atoms with Gasteiger partial charge in [0, 0.05) is 12.8 Å². The first-order valence-corrected chi connectivity index (χ1v) is 7.86. The summed E-state index contributed by atoms with van der Waals surface area (Å²) in [7, 11) is 1.27. The zero-order valence-corrected chi connectivity index (χ0v) is 13.9. The summed E-state index contributed by atoms with van der Waals surface area (Å²) < 4.78 is 10.2. The van der Waals surface area contributed by atoms with Crippen molar-refractivity contribution in [3.63, 3.8) is 0 Å². The molecule has 1 aromatic rings. The van der Waals surface area contributed by atoms with Crippen LogP contribution in [-0.2, 0) is 19.1 Å². The van der Waals surface area contributed by atoms with Gasteiger partial charge in [-0.3, -0.25) is 24.8 Å². The first-order chi connectivity index (χ1) is 11.5. The van der Waals surface area contributed by atoms with Gasteiger partial charge in [0.1, 0.15) is 5.75 Å². The van der Waals surface area contributed by atoms with E-state index in [4.69, 9.17) is 4.74 Å². The molecule has 0 aliphatic carbocycles. The average molecular weight is 334 g/mol. The molecule has 1 aromatic carbocycles. The van der Waals surface area contributed by atoms with Gasteiger partial charge in [-0.1, -0.05) is 17.7 Å². The Hall–Kier alpha value is -2.57. The summed E-state index contributed by atoms with van der Waals surface area (Å²) in [6, 6.07) is 7.67. The molecule has 24 heavy (non-hydrogen) atoms. The lowest BCUT2D eigenvalue weighted by atomic mass is 10.0. The lowest BCUT2D eigenvalue weighted by Gasteiger charge is -2.31. The molecule has 1 N–H and O–H groups in total. The highest BCUT2D eigenvalue weighted by Crippen LogP contribution is 2.15. The fraction of sp³-hybridized carbons (Fsp3) is 0.471. The lowest BCUT2D eigenvalue weighted by Crippen LogP contribution is -2.54. The Kier molecular flexibility index (Phi) is 6.17. The number of carbonyl (C=O) groups is 3. The largest absolute Gasteiger partial charge is 0.494 e. The summed E-state index contributed by atoms with van der Waals surface area (Å²) in [5, 5.41) is 1.19. The smallest absolute Gasteiger partial charge is 0.311 e. The van der Waals surface area contributed by atoms with Crippen LogP contribution in [0.5, 0.6) is 5.75 Å². The number of amides is 2. The molecular weight excluding hydrogens is 312 g/mol. The van der Waals surface area contributed by atoms with E-state index in [0.717, 1.165) is 11.3 Å². The van der Waals surface area contributed by atoms with E-state index in [1.165, 1.54) is 12.1 Å². The van der Waals surface area contributed by atoms with Gasteiger partial charge < -0.3 is 9.47 Å². The third kappa shape index (κ3) is 4.97. The van der Waals surface area contributed by atoms with Crippen LogP contribution in [0.4, 0.5) is 0 Å². The molecule has 2 rings (SSSR count). The maximum absolute atomic E-state index is 12.2. The fourth-order valence-electron chi connectivity index (χ4n) is 2.42. The van der Waals surface area contributed by atoms with Crippen molar-refractivity contribution in [2.45, 2.75) is 26.2 Å². The minimum Gasteiger partial charge on any atom is -0.494 e. The van der Waals surface area contributed by atoms with Gasteiger partial charge in [-0.05, 0) is 25.5 Å². The number of carbonyl (C=O) groups excluding carboxylic acids is 3. The second-order valence-electron chi connectivity index (χ2n) is 5.73. The van der Waals surface area contributed by atoms with Crippen molar-refractivity contribution < 1.29 is 23.9 Å². The molecule has 0 aromatic heterocycles. The van der Waals surface area contributed by atoms with Gasteiger partial charge in [-0.2, -0.15) is 0 Å². The van der Waals surface area contributed by atoms with Crippen molar-refractivity contribution in [2.75, 3.05) is 20.3 Å². The average Bonchev–Trinajstić information content (AvgIpc) is 2.58. The number of aryl methyl sites for hydroxylation is 1. The van der Waals surface area contributed by atoms with Gasteiger partial charge in [-0.25, -0.2) is 0 Å². The summed E-state index contributed by atoms with van der Waals surface area (Å²) in [6.07, 6.45) is 0.773. The summed E-state index contributed by atoms with van der Waals surface area (Å²) in [4.78, 5) is 35.3. The number of methoxy groups -OCH3 is 1. The van der Waals surface area contributed by atoms with Crippen LogP contribution in [-0.4, -0.2) is 43.1 Å². The van der Waals surface area contributed by atoms with E-state index < -0.39 is 11.9 Å². The highest BCUT2D eigenvalue weighted by atomic mass is 16.5. The van der Waals surface area contributed by atoms with Gasteiger partial charge in [-0.15, -0.1) is 0 Å². The van der Waals surface area contributed by atoms with Crippen LogP contribution < -0.4 is 10.2 Å². The summed E-state index contributed by atoms with van der Waals surface area (Å²) in [6.45, 7) is 2.53. The molecule has 7 nitrogen and oxygen atoms in total. The van der Waals surface area contributed by atoms with Gasteiger partial charge in [0.2, 0.25) is 11.8 Å². The molecule has 0 spiro atoms. The molecule has 7 heteroatoms. The molecule has 1 atom stereocenters. The van der Waals surface area contributed by atoms with E-state index in [0.29, 0.717) is 13.0 Å². The van der Waals surface area contributed by atoms with E-state index in [1.807, 2.05) is 31.2 Å². The number of rotatable bonds is 6. The second kappa shape index (κ2) is 8.33. The number of ether oxygens (including phenoxy) is 2. The number of benzene rings is 1. The Morgan fingerprint density at radius 2 is 2.00 bits per heavy atom. The monoisotopic (exact) mass is 334 g/mol. The number of hydrogen-bond acceptors (Lipinski definition) is 5. The second-order valence-corrected chi connectivity index (χ2v) is 5.73. The van der Waals surface area contributed by atoms with Crippen molar-refractivity contribution in [1.82, 2.24) is 10.4 Å². The van der Waals surface area contributed by atoms with E-state index in [1.54, 1.807) is 0 Å². The van der Waals surface area contributed by atoms with Crippen molar-refractivity contribution in [1.29, 1.82) is 0 Å². The Bertz CT molecular complexity index is 600. The predicted octanol–water partition coefficient (Wildman–Crippen LogP) is 1.21. The summed E-state index contributed by atoms with van der Waals surface area (Å²) in [5.41, 5.74) is 3.64. The molecule has 0 radical (unpaired) electrons. The molecule has 130 valence electrons. The van der Waals surface area contributed by atoms with E-state index >= 15 is 0 Å². The van der Waals surface area contributed by atoms with Gasteiger partial charge in [0.15, 0.2) is 0 Å². The van der Waals surface area contributed by atoms with Gasteiger partial charge in [0.05, 0.1) is 26.2 Å². The highest BCUT2D eigenvalue weighted by Gasteiger charge is 2.32. The molecule has 1 unspecified atom stereocenters. The van der Waals surface area contributed by atoms with Crippen molar-refractivity contribution in [3.8, 4) is 5.75 Å². The normalized spacial score (nSPS) is 17.2. The van der Waals surface area contributed by atoms with Gasteiger partial charge in [0.25, 0.3) is 0 Å². The molecule has 0 bridgehead atoms. The quantitative estimate of drug-likeness (QED) is 0.624. The Morgan fingerprint density at radius 3 is 2.67 bits per heavy atom. The van der Waals surface area contributed by atoms with Crippen LogP contribution in [0.1, 0.15) is 24.8 Å². The molecule has 1 fully saturated rings. The fourth-order valence-corrected chi connectivity index (χ4v) is 2.42. The standard InChI is InChI=1S/C17H22N2O5/c1-12-5-7-14(8-6-12)24-9-3-4-16(21)19-11-13(17(22)23-2)10-15(20)18-19/h5-8,13H,3-4,9-11H2,1-2H3,(H,18,20). The predicted molar refractivity (Wildman–Crippen MR) is 85.9 cm³/mol. The first-order valence-electron chi connectivity index (χ1n) is 7.86. The molecule has 1 aliphatic heterocycles. The third-order valence-corrected chi connectivity index (χ3v) is 3.75. The van der Waals surface area contributed by atoms with E-state index in [9.17, 15) is 14.4 Å². The SMILES string of the molecule is COC(=O)C1CC(=O)NN(C(=O)CCCOc2ccc(C)cc2)C1. The third-order valence-electron chi connectivity index (χ3n) is 3.75. The Labute approximate surface area is 140 Å². The van der Waals surface area contributed by atoms with Crippen LogP contribution in [0.15, 0.2) is 24.3 Å². The first kappa shape index (κ1) is 17.8. The highest BCUT2D eigenvalue weighted by molar-refractivity contribution is 5.88. The molecule has 1 heterocycles. The van der Waals surface area contributed by atoms with E-state index in [-0.39, 0.29) is 31.2 Å². The summed E-state index contributed by atoms with van der Waals surface area (Å²) in [5.74, 6) is -0.947.